The lowest BCUT2D eigenvalue weighted by molar-refractivity contribution is -0.132. The summed E-state index contributed by atoms with van der Waals surface area (Å²) in [6.45, 7) is 4.93. The van der Waals surface area contributed by atoms with E-state index < -0.39 is 0 Å². The number of nitrogens with one attached hydrogen (secondary N) is 1. The summed E-state index contributed by atoms with van der Waals surface area (Å²) in [4.78, 5) is 12.5. The Morgan fingerprint density at radius 1 is 1.24 bits per heavy atom. The van der Waals surface area contributed by atoms with Gasteiger partial charge >= 0.3 is 0 Å². The van der Waals surface area contributed by atoms with E-state index >= 15 is 0 Å². The standard InChI is InChI=1S/C14H23NO2/c1-13(2)11(5-8-17-13)15-12(16)14-6-3-10(9-14)4-7-14/h10-11H,3-9H2,1-2H3,(H,15,16)/t10?,11-,14?/m0/s1. The molecule has 0 spiro atoms. The lowest BCUT2D eigenvalue weighted by Gasteiger charge is -2.31. The van der Waals surface area contributed by atoms with Crippen LogP contribution in [-0.2, 0) is 9.53 Å². The topological polar surface area (TPSA) is 38.3 Å². The van der Waals surface area contributed by atoms with Crippen LogP contribution in [0.4, 0.5) is 0 Å². The maximum absolute atomic E-state index is 12.5. The first-order chi connectivity index (χ1) is 8.02. The van der Waals surface area contributed by atoms with Gasteiger partial charge in [-0.25, -0.2) is 0 Å². The van der Waals surface area contributed by atoms with Crippen molar-refractivity contribution in [3.63, 3.8) is 0 Å². The molecule has 1 amide bonds. The van der Waals surface area contributed by atoms with Crippen molar-refractivity contribution in [2.45, 2.75) is 64.0 Å². The normalized spacial score (nSPS) is 42.9. The van der Waals surface area contributed by atoms with E-state index in [2.05, 4.69) is 19.2 Å². The van der Waals surface area contributed by atoms with Crippen molar-refractivity contribution in [3.05, 3.63) is 0 Å². The zero-order valence-corrected chi connectivity index (χ0v) is 10.9. The zero-order valence-electron chi connectivity index (χ0n) is 10.9. The second-order valence-electron chi connectivity index (χ2n) is 6.69. The van der Waals surface area contributed by atoms with Gasteiger partial charge in [-0.05, 0) is 58.3 Å². The fourth-order valence-electron chi connectivity index (χ4n) is 3.96. The molecule has 17 heavy (non-hydrogen) atoms. The molecular formula is C14H23NO2. The van der Waals surface area contributed by atoms with Gasteiger partial charge in [0.15, 0.2) is 0 Å². The number of carbonyl (C=O) groups excluding carboxylic acids is 1. The van der Waals surface area contributed by atoms with Crippen LogP contribution in [0.2, 0.25) is 0 Å². The third kappa shape index (κ3) is 1.79. The summed E-state index contributed by atoms with van der Waals surface area (Å²) in [6.07, 6.45) is 6.83. The first-order valence-electron chi connectivity index (χ1n) is 6.97. The number of ether oxygens (including phenoxy) is 1. The van der Waals surface area contributed by atoms with Crippen molar-refractivity contribution in [1.29, 1.82) is 0 Å². The largest absolute Gasteiger partial charge is 0.373 e. The van der Waals surface area contributed by atoms with Gasteiger partial charge in [0.05, 0.1) is 11.6 Å². The quantitative estimate of drug-likeness (QED) is 0.800. The Morgan fingerprint density at radius 2 is 1.94 bits per heavy atom. The van der Waals surface area contributed by atoms with Gasteiger partial charge in [-0.2, -0.15) is 0 Å². The average molecular weight is 237 g/mol. The predicted molar refractivity (Wildman–Crippen MR) is 65.6 cm³/mol. The number of hydrogen-bond donors (Lipinski definition) is 1. The van der Waals surface area contributed by atoms with Gasteiger partial charge in [0.1, 0.15) is 0 Å². The summed E-state index contributed by atoms with van der Waals surface area (Å²) in [6, 6.07) is 0.198. The molecule has 2 saturated carbocycles. The minimum atomic E-state index is -0.192. The van der Waals surface area contributed by atoms with E-state index in [-0.39, 0.29) is 17.1 Å². The highest BCUT2D eigenvalue weighted by molar-refractivity contribution is 5.83. The van der Waals surface area contributed by atoms with E-state index in [1.807, 2.05) is 0 Å². The fraction of sp³-hybridized carbons (Fsp3) is 0.929. The highest BCUT2D eigenvalue weighted by atomic mass is 16.5. The van der Waals surface area contributed by atoms with E-state index in [9.17, 15) is 4.79 Å². The van der Waals surface area contributed by atoms with Gasteiger partial charge in [-0.1, -0.05) is 0 Å². The second kappa shape index (κ2) is 3.71. The molecule has 1 atom stereocenters. The van der Waals surface area contributed by atoms with Crippen LogP contribution in [0.3, 0.4) is 0 Å². The van der Waals surface area contributed by atoms with Crippen LogP contribution in [0.25, 0.3) is 0 Å². The molecule has 3 aliphatic rings. The molecule has 3 rings (SSSR count). The Balaban J connectivity index is 1.68. The lowest BCUT2D eigenvalue weighted by atomic mass is 9.82. The fourth-order valence-corrected chi connectivity index (χ4v) is 3.96. The van der Waals surface area contributed by atoms with Gasteiger partial charge in [-0.3, -0.25) is 4.79 Å². The molecule has 0 aromatic heterocycles. The molecular weight excluding hydrogens is 214 g/mol. The molecule has 2 bridgehead atoms. The summed E-state index contributed by atoms with van der Waals surface area (Å²) in [5, 5.41) is 3.27. The van der Waals surface area contributed by atoms with Gasteiger partial charge in [0.2, 0.25) is 5.91 Å². The van der Waals surface area contributed by atoms with Crippen molar-refractivity contribution in [1.82, 2.24) is 5.32 Å². The molecule has 0 aromatic rings. The molecule has 3 nitrogen and oxygen atoms in total. The minimum Gasteiger partial charge on any atom is -0.373 e. The van der Waals surface area contributed by atoms with Gasteiger partial charge in [0.25, 0.3) is 0 Å². The number of hydrogen-bond acceptors (Lipinski definition) is 2. The zero-order chi connectivity index (χ0) is 12.1. The summed E-state index contributed by atoms with van der Waals surface area (Å²) >= 11 is 0. The van der Waals surface area contributed by atoms with Crippen LogP contribution in [0.15, 0.2) is 0 Å². The van der Waals surface area contributed by atoms with Crippen molar-refractivity contribution >= 4 is 5.91 Å². The first-order valence-corrected chi connectivity index (χ1v) is 6.97. The molecule has 1 saturated heterocycles. The summed E-state index contributed by atoms with van der Waals surface area (Å²) < 4.78 is 5.68. The minimum absolute atomic E-state index is 0.0106. The summed E-state index contributed by atoms with van der Waals surface area (Å²) in [7, 11) is 0. The van der Waals surface area contributed by atoms with E-state index in [0.717, 1.165) is 38.2 Å². The molecule has 1 N–H and O–H groups in total. The Morgan fingerprint density at radius 3 is 2.41 bits per heavy atom. The van der Waals surface area contributed by atoms with Crippen LogP contribution in [0.1, 0.15) is 52.4 Å². The molecule has 0 radical (unpaired) electrons. The molecule has 1 heterocycles. The van der Waals surface area contributed by atoms with E-state index in [0.29, 0.717) is 5.91 Å². The number of amides is 1. The van der Waals surface area contributed by atoms with Crippen LogP contribution in [0.5, 0.6) is 0 Å². The highest BCUT2D eigenvalue weighted by Crippen LogP contribution is 2.54. The Kier molecular flexibility index (Phi) is 2.51. The third-order valence-electron chi connectivity index (χ3n) is 5.25. The van der Waals surface area contributed by atoms with E-state index in [4.69, 9.17) is 4.74 Å². The van der Waals surface area contributed by atoms with Crippen molar-refractivity contribution in [2.75, 3.05) is 6.61 Å². The van der Waals surface area contributed by atoms with E-state index in [1.54, 1.807) is 0 Å². The predicted octanol–water partition coefficient (Wildman–Crippen LogP) is 2.25. The maximum Gasteiger partial charge on any atom is 0.226 e. The number of carbonyl (C=O) groups is 1. The number of rotatable bonds is 2. The van der Waals surface area contributed by atoms with Crippen LogP contribution in [0, 0.1) is 11.3 Å². The molecule has 0 unspecified atom stereocenters. The average Bonchev–Trinajstić information content (AvgIpc) is 2.94. The van der Waals surface area contributed by atoms with E-state index in [1.165, 1.54) is 12.8 Å². The van der Waals surface area contributed by atoms with Gasteiger partial charge in [-0.15, -0.1) is 0 Å². The first kappa shape index (κ1) is 11.5. The van der Waals surface area contributed by atoms with Crippen molar-refractivity contribution in [3.8, 4) is 0 Å². The molecule has 96 valence electrons. The molecule has 0 aromatic carbocycles. The molecule has 3 heteroatoms. The van der Waals surface area contributed by atoms with Gasteiger partial charge in [0, 0.05) is 12.0 Å². The van der Waals surface area contributed by atoms with Crippen LogP contribution >= 0.6 is 0 Å². The maximum atomic E-state index is 12.5. The Bertz CT molecular complexity index is 329. The Labute approximate surface area is 103 Å². The van der Waals surface area contributed by atoms with Gasteiger partial charge < -0.3 is 10.1 Å². The third-order valence-corrected chi connectivity index (χ3v) is 5.25. The van der Waals surface area contributed by atoms with Crippen molar-refractivity contribution < 1.29 is 9.53 Å². The smallest absolute Gasteiger partial charge is 0.226 e. The van der Waals surface area contributed by atoms with Crippen LogP contribution < -0.4 is 5.32 Å². The summed E-state index contributed by atoms with van der Waals surface area (Å²) in [5.74, 6) is 1.13. The SMILES string of the molecule is CC1(C)OCC[C@@H]1NC(=O)C12CCC(CC1)C2. The van der Waals surface area contributed by atoms with Crippen LogP contribution in [-0.4, -0.2) is 24.2 Å². The Hall–Kier alpha value is -0.570. The lowest BCUT2D eigenvalue weighted by Crippen LogP contribution is -2.50. The number of fused-ring (bicyclic) bond motifs is 2. The highest BCUT2D eigenvalue weighted by Gasteiger charge is 2.51. The monoisotopic (exact) mass is 237 g/mol. The molecule has 2 aliphatic carbocycles. The van der Waals surface area contributed by atoms with Crippen molar-refractivity contribution in [2.24, 2.45) is 11.3 Å². The molecule has 3 fully saturated rings. The second-order valence-corrected chi connectivity index (χ2v) is 6.69. The summed E-state index contributed by atoms with van der Waals surface area (Å²) in [5.41, 5.74) is -0.202. The molecule has 1 aliphatic heterocycles.